The molecule has 0 bridgehead atoms. The van der Waals surface area contributed by atoms with E-state index in [2.05, 4.69) is 25.6 Å². The Bertz CT molecular complexity index is 1030. The first-order valence-electron chi connectivity index (χ1n) is 9.60. The summed E-state index contributed by atoms with van der Waals surface area (Å²) in [6.07, 6.45) is 1.96. The molecule has 31 heavy (non-hydrogen) atoms. The summed E-state index contributed by atoms with van der Waals surface area (Å²) in [4.78, 5) is 24.3. The lowest BCUT2D eigenvalue weighted by atomic mass is 9.88. The third-order valence-electron chi connectivity index (χ3n) is 5.19. The fourth-order valence-corrected chi connectivity index (χ4v) is 3.80. The minimum absolute atomic E-state index is 0.238. The molecule has 0 radical (unpaired) electrons. The van der Waals surface area contributed by atoms with Crippen LogP contribution < -0.4 is 16.0 Å². The molecule has 2 aliphatic rings. The molecule has 1 fully saturated rings. The van der Waals surface area contributed by atoms with Crippen LogP contribution in [-0.4, -0.2) is 59.4 Å². The molecule has 1 saturated heterocycles. The largest absolute Gasteiger partial charge is 0.405 e. The second-order valence-corrected chi connectivity index (χ2v) is 7.77. The predicted octanol–water partition coefficient (Wildman–Crippen LogP) is 2.22. The van der Waals surface area contributed by atoms with E-state index in [9.17, 15) is 18.0 Å². The Kier molecular flexibility index (Phi) is 5.91. The van der Waals surface area contributed by atoms with Crippen molar-refractivity contribution in [3.05, 3.63) is 41.3 Å². The number of aliphatic imine (C=N–C) groups is 1. The summed E-state index contributed by atoms with van der Waals surface area (Å²) in [7, 11) is 0. The van der Waals surface area contributed by atoms with Crippen molar-refractivity contribution in [1.29, 1.82) is 0 Å². The summed E-state index contributed by atoms with van der Waals surface area (Å²) in [6.45, 7) is -0.868. The lowest BCUT2D eigenvalue weighted by molar-refractivity contribution is -0.145. The average molecular weight is 457 g/mol. The third kappa shape index (κ3) is 4.83. The van der Waals surface area contributed by atoms with Gasteiger partial charge < -0.3 is 20.4 Å². The van der Waals surface area contributed by atoms with Gasteiger partial charge in [0, 0.05) is 42.8 Å². The highest BCUT2D eigenvalue weighted by Gasteiger charge is 2.43. The number of nitrogens with zero attached hydrogens (tertiary/aromatic N) is 2. The first-order chi connectivity index (χ1) is 14.8. The number of carbonyl (C=O) groups excluding carboxylic acids is 1. The lowest BCUT2D eigenvalue weighted by Crippen LogP contribution is -2.65. The van der Waals surface area contributed by atoms with Crippen molar-refractivity contribution in [1.82, 2.24) is 25.9 Å². The number of halogens is 4. The summed E-state index contributed by atoms with van der Waals surface area (Å²) in [6, 6.07) is 1.76. The van der Waals surface area contributed by atoms with Crippen LogP contribution in [0.4, 0.5) is 13.2 Å². The molecule has 0 saturated carbocycles. The van der Waals surface area contributed by atoms with Gasteiger partial charge in [-0.1, -0.05) is 11.6 Å². The first-order valence-corrected chi connectivity index (χ1v) is 9.98. The SMILES string of the molecule is O=C(NCC(F)(F)F)C1(NC2C=CN=C(c3c[nH]c4ncc(Cl)cc34)N2)CCOCC1. The minimum Gasteiger partial charge on any atom is -0.381 e. The van der Waals surface area contributed by atoms with Crippen molar-refractivity contribution in [2.24, 2.45) is 4.99 Å². The van der Waals surface area contributed by atoms with Crippen molar-refractivity contribution < 1.29 is 22.7 Å². The maximum Gasteiger partial charge on any atom is 0.405 e. The van der Waals surface area contributed by atoms with E-state index in [1.54, 1.807) is 24.5 Å². The monoisotopic (exact) mass is 456 g/mol. The summed E-state index contributed by atoms with van der Waals surface area (Å²) < 4.78 is 43.2. The van der Waals surface area contributed by atoms with E-state index in [1.165, 1.54) is 6.20 Å². The van der Waals surface area contributed by atoms with Crippen LogP contribution in [0, 0.1) is 0 Å². The van der Waals surface area contributed by atoms with Crippen LogP contribution in [0.15, 0.2) is 35.7 Å². The number of rotatable bonds is 5. The number of hydrogen-bond acceptors (Lipinski definition) is 6. The van der Waals surface area contributed by atoms with Gasteiger partial charge in [-0.15, -0.1) is 0 Å². The third-order valence-corrected chi connectivity index (χ3v) is 5.40. The predicted molar refractivity (Wildman–Crippen MR) is 109 cm³/mol. The molecule has 2 aromatic heterocycles. The molecule has 1 atom stereocenters. The van der Waals surface area contributed by atoms with Crippen LogP contribution in [0.1, 0.15) is 18.4 Å². The molecule has 12 heteroatoms. The lowest BCUT2D eigenvalue weighted by Gasteiger charge is -2.39. The van der Waals surface area contributed by atoms with Gasteiger partial charge in [0.05, 0.1) is 11.2 Å². The Labute approximate surface area is 180 Å². The van der Waals surface area contributed by atoms with Crippen LogP contribution >= 0.6 is 11.6 Å². The highest BCUT2D eigenvalue weighted by atomic mass is 35.5. The van der Waals surface area contributed by atoms with Crippen molar-refractivity contribution in [2.45, 2.75) is 30.7 Å². The number of amidine groups is 1. The fraction of sp³-hybridized carbons (Fsp3) is 0.421. The number of hydrogen-bond donors (Lipinski definition) is 4. The number of carbonyl (C=O) groups is 1. The molecule has 1 amide bonds. The Morgan fingerprint density at radius 2 is 2.13 bits per heavy atom. The molecule has 0 aliphatic carbocycles. The number of nitrogens with one attached hydrogen (secondary N) is 4. The highest BCUT2D eigenvalue weighted by molar-refractivity contribution is 6.31. The molecule has 4 heterocycles. The molecule has 1 unspecified atom stereocenters. The highest BCUT2D eigenvalue weighted by Crippen LogP contribution is 2.25. The van der Waals surface area contributed by atoms with Crippen LogP contribution in [0.25, 0.3) is 11.0 Å². The van der Waals surface area contributed by atoms with Gasteiger partial charge in [-0.05, 0) is 25.0 Å². The molecule has 0 spiro atoms. The van der Waals surface area contributed by atoms with Gasteiger partial charge in [-0.2, -0.15) is 13.2 Å². The molecule has 166 valence electrons. The molecule has 8 nitrogen and oxygen atoms in total. The Morgan fingerprint density at radius 1 is 1.35 bits per heavy atom. The van der Waals surface area contributed by atoms with Crippen LogP contribution in [-0.2, 0) is 9.53 Å². The summed E-state index contributed by atoms with van der Waals surface area (Å²) in [5.41, 5.74) is 0.151. The maximum atomic E-state index is 12.7. The molecule has 0 aromatic carbocycles. The van der Waals surface area contributed by atoms with Crippen molar-refractivity contribution >= 4 is 34.4 Å². The minimum atomic E-state index is -4.49. The Hall–Kier alpha value is -2.63. The maximum absolute atomic E-state index is 12.7. The normalized spacial score (nSPS) is 20.9. The van der Waals surface area contributed by atoms with Gasteiger partial charge in [-0.3, -0.25) is 10.1 Å². The van der Waals surface area contributed by atoms with Gasteiger partial charge >= 0.3 is 6.18 Å². The Morgan fingerprint density at radius 3 is 2.87 bits per heavy atom. The van der Waals surface area contributed by atoms with Gasteiger partial charge in [-0.25, -0.2) is 9.98 Å². The number of aromatic amines is 1. The summed E-state index contributed by atoms with van der Waals surface area (Å²) in [5.74, 6) is -0.205. The quantitative estimate of drug-likeness (QED) is 0.552. The number of ether oxygens (including phenoxy) is 1. The molecule has 4 N–H and O–H groups in total. The molecular formula is C19H20ClF3N6O2. The summed E-state index contributed by atoms with van der Waals surface area (Å²) in [5, 5.41) is 9.58. The fourth-order valence-electron chi connectivity index (χ4n) is 3.65. The second-order valence-electron chi connectivity index (χ2n) is 7.33. The van der Waals surface area contributed by atoms with Gasteiger partial charge in [0.2, 0.25) is 5.91 Å². The molecule has 2 aliphatic heterocycles. The number of fused-ring (bicyclic) bond motifs is 1. The molecule has 4 rings (SSSR count). The number of H-pyrrole nitrogens is 1. The van der Waals surface area contributed by atoms with E-state index < -0.39 is 30.3 Å². The Balaban J connectivity index is 1.52. The number of amides is 1. The van der Waals surface area contributed by atoms with E-state index in [0.717, 1.165) is 10.9 Å². The summed E-state index contributed by atoms with van der Waals surface area (Å²) >= 11 is 6.06. The van der Waals surface area contributed by atoms with Gasteiger partial charge in [0.25, 0.3) is 0 Å². The topological polar surface area (TPSA) is 103 Å². The van der Waals surface area contributed by atoms with E-state index in [4.69, 9.17) is 16.3 Å². The number of alkyl halides is 3. The number of pyridine rings is 1. The zero-order chi connectivity index (χ0) is 22.1. The van der Waals surface area contributed by atoms with Crippen LogP contribution in [0.2, 0.25) is 5.02 Å². The average Bonchev–Trinajstić information content (AvgIpc) is 3.15. The van der Waals surface area contributed by atoms with Gasteiger partial charge in [0.15, 0.2) is 0 Å². The first kappa shape index (κ1) is 21.6. The zero-order valence-corrected chi connectivity index (χ0v) is 17.0. The van der Waals surface area contributed by atoms with E-state index in [1.807, 2.05) is 5.32 Å². The van der Waals surface area contributed by atoms with Crippen LogP contribution in [0.3, 0.4) is 0 Å². The van der Waals surface area contributed by atoms with Crippen LogP contribution in [0.5, 0.6) is 0 Å². The van der Waals surface area contributed by atoms with Gasteiger partial charge in [0.1, 0.15) is 23.6 Å². The zero-order valence-electron chi connectivity index (χ0n) is 16.2. The number of aromatic nitrogens is 2. The second kappa shape index (κ2) is 8.48. The van der Waals surface area contributed by atoms with E-state index in [0.29, 0.717) is 16.5 Å². The molecule has 2 aromatic rings. The molecular weight excluding hydrogens is 437 g/mol. The standard InChI is InChI=1S/C19H20ClF3N6O2/c20-11-7-12-13(9-26-15(12)25-8-11)16-24-4-1-14(28-16)29-18(2-5-31-6-3-18)17(30)27-10-19(21,22)23/h1,4,7-9,14,29H,2-3,5-6,10H2,(H,24,28)(H,25,26)(H,27,30). The van der Waals surface area contributed by atoms with E-state index in [-0.39, 0.29) is 26.1 Å². The van der Waals surface area contributed by atoms with Crippen molar-refractivity contribution in [3.8, 4) is 0 Å². The van der Waals surface area contributed by atoms with Crippen molar-refractivity contribution in [2.75, 3.05) is 19.8 Å². The van der Waals surface area contributed by atoms with E-state index >= 15 is 0 Å². The smallest absolute Gasteiger partial charge is 0.381 e. The van der Waals surface area contributed by atoms with Crippen molar-refractivity contribution in [3.63, 3.8) is 0 Å².